The Hall–Kier alpha value is -4.13. The van der Waals surface area contributed by atoms with Crippen molar-refractivity contribution in [2.75, 3.05) is 6.54 Å². The molecule has 0 spiro atoms. The summed E-state index contributed by atoms with van der Waals surface area (Å²) < 4.78 is 30.1. The number of benzene rings is 2. The number of amides is 2. The number of hydrogen-bond donors (Lipinski definition) is 2. The number of hydrogen-bond acceptors (Lipinski definition) is 8. The maximum Gasteiger partial charge on any atom is 0.285 e. The molecule has 12 nitrogen and oxygen atoms in total. The maximum atomic E-state index is 12.8. The lowest BCUT2D eigenvalue weighted by atomic mass is 10.1. The van der Waals surface area contributed by atoms with Crippen LogP contribution in [-0.2, 0) is 14.8 Å². The molecule has 1 atom stereocenters. The average Bonchev–Trinajstić information content (AvgIpc) is 3.57. The van der Waals surface area contributed by atoms with Gasteiger partial charge >= 0.3 is 0 Å². The van der Waals surface area contributed by atoms with Crippen LogP contribution >= 0.6 is 0 Å². The number of rotatable bonds is 3. The Morgan fingerprint density at radius 2 is 1.82 bits per heavy atom. The predicted molar refractivity (Wildman–Crippen MR) is 115 cm³/mol. The van der Waals surface area contributed by atoms with Gasteiger partial charge in [0.15, 0.2) is 5.84 Å². The van der Waals surface area contributed by atoms with Crippen LogP contribution in [0.4, 0.5) is 0 Å². The minimum atomic E-state index is -3.79. The van der Waals surface area contributed by atoms with Gasteiger partial charge in [-0.15, -0.1) is 9.50 Å². The second-order valence-corrected chi connectivity index (χ2v) is 9.05. The molecule has 3 heterocycles. The maximum absolute atomic E-state index is 12.8. The number of nitrogens with one attached hydrogen (secondary N) is 2. The number of carbonyl (C=O) groups excluding carboxylic acids is 2. The molecule has 0 unspecified atom stereocenters. The number of nitrogens with zero attached hydrogens (tertiary/aromatic N) is 6. The average molecular weight is 466 g/mol. The third kappa shape index (κ3) is 3.82. The molecule has 2 aliphatic rings. The molecule has 2 aromatic carbocycles. The van der Waals surface area contributed by atoms with E-state index in [0.717, 1.165) is 0 Å². The van der Waals surface area contributed by atoms with Crippen molar-refractivity contribution in [2.45, 2.75) is 23.8 Å². The fourth-order valence-corrected chi connectivity index (χ4v) is 5.12. The summed E-state index contributed by atoms with van der Waals surface area (Å²) >= 11 is 0. The van der Waals surface area contributed by atoms with Crippen LogP contribution in [-0.4, -0.2) is 63.8 Å². The Labute approximate surface area is 188 Å². The first-order chi connectivity index (χ1) is 15.9. The zero-order valence-corrected chi connectivity index (χ0v) is 17.9. The van der Waals surface area contributed by atoms with Crippen molar-refractivity contribution in [2.24, 2.45) is 4.40 Å². The van der Waals surface area contributed by atoms with Gasteiger partial charge in [0.2, 0.25) is 0 Å². The quantitative estimate of drug-likeness (QED) is 0.513. The Morgan fingerprint density at radius 1 is 1.03 bits per heavy atom. The second kappa shape index (κ2) is 8.09. The summed E-state index contributed by atoms with van der Waals surface area (Å²) in [4.78, 5) is 27.1. The van der Waals surface area contributed by atoms with Gasteiger partial charge in [-0.2, -0.15) is 8.42 Å². The minimum absolute atomic E-state index is 0.129. The van der Waals surface area contributed by atoms with E-state index in [9.17, 15) is 18.0 Å². The predicted octanol–water partition coefficient (Wildman–Crippen LogP) is 0.0368. The fourth-order valence-electron chi connectivity index (χ4n) is 3.91. The molecule has 0 radical (unpaired) electrons. The molecule has 0 saturated carbocycles. The molecule has 2 amide bonds. The van der Waals surface area contributed by atoms with Crippen molar-refractivity contribution in [1.29, 1.82) is 0 Å². The van der Waals surface area contributed by atoms with Gasteiger partial charge < -0.3 is 4.90 Å². The molecule has 33 heavy (non-hydrogen) atoms. The first-order valence-corrected chi connectivity index (χ1v) is 11.5. The van der Waals surface area contributed by atoms with Gasteiger partial charge in [0.1, 0.15) is 17.3 Å². The molecule has 2 N–H and O–H groups in total. The van der Waals surface area contributed by atoms with Gasteiger partial charge in [0, 0.05) is 17.7 Å². The third-order valence-corrected chi connectivity index (χ3v) is 6.81. The molecule has 1 aromatic heterocycles. The van der Waals surface area contributed by atoms with Crippen LogP contribution < -0.4 is 10.9 Å². The van der Waals surface area contributed by atoms with Crippen molar-refractivity contribution < 1.29 is 18.0 Å². The Kier molecular flexibility index (Phi) is 5.09. The molecule has 1 saturated heterocycles. The van der Waals surface area contributed by atoms with Gasteiger partial charge in [0.25, 0.3) is 21.8 Å². The molecule has 168 valence electrons. The number of fused-ring (bicyclic) bond motifs is 1. The van der Waals surface area contributed by atoms with Crippen molar-refractivity contribution in [3.63, 3.8) is 0 Å². The van der Waals surface area contributed by atoms with E-state index in [0.29, 0.717) is 36.2 Å². The van der Waals surface area contributed by atoms with Crippen LogP contribution in [0.3, 0.4) is 0 Å². The van der Waals surface area contributed by atoms with E-state index in [4.69, 9.17) is 0 Å². The van der Waals surface area contributed by atoms with Crippen LogP contribution in [0.1, 0.15) is 28.8 Å². The normalized spacial score (nSPS) is 18.5. The van der Waals surface area contributed by atoms with Crippen LogP contribution in [0.25, 0.3) is 5.69 Å². The molecule has 3 aromatic rings. The van der Waals surface area contributed by atoms with Crippen LogP contribution in [0.2, 0.25) is 0 Å². The number of aromatic nitrogens is 4. The van der Waals surface area contributed by atoms with Crippen LogP contribution in [0.5, 0.6) is 0 Å². The lowest BCUT2D eigenvalue weighted by Gasteiger charge is -2.25. The molecular formula is C20H18N8O4S. The zero-order valence-electron chi connectivity index (χ0n) is 17.1. The first-order valence-electron chi connectivity index (χ1n) is 10.1. The molecule has 2 aliphatic heterocycles. The van der Waals surface area contributed by atoms with Crippen LogP contribution in [0, 0.1) is 0 Å². The highest BCUT2D eigenvalue weighted by molar-refractivity contribution is 7.90. The highest BCUT2D eigenvalue weighted by atomic mass is 32.2. The topological polar surface area (TPSA) is 152 Å². The van der Waals surface area contributed by atoms with E-state index in [1.165, 1.54) is 17.1 Å². The lowest BCUT2D eigenvalue weighted by Crippen LogP contribution is -2.51. The number of amidine groups is 1. The summed E-state index contributed by atoms with van der Waals surface area (Å²) in [5, 5.41) is 10.9. The summed E-state index contributed by atoms with van der Waals surface area (Å²) in [6.45, 7) is 0.479. The molecule has 0 aliphatic carbocycles. The minimum Gasteiger partial charge on any atom is -0.343 e. The SMILES string of the molecule is O=C(NNC(=O)[C@@H]1CCCN1C1=NS(=O)(=O)c2ccccc21)c1ccc(-n2cnnn2)cc1. The first kappa shape index (κ1) is 20.8. The van der Waals surface area contributed by atoms with E-state index < -0.39 is 27.9 Å². The third-order valence-electron chi connectivity index (χ3n) is 5.48. The summed E-state index contributed by atoms with van der Waals surface area (Å²) in [7, 11) is -3.79. The molecule has 0 bridgehead atoms. The fraction of sp³-hybridized carbons (Fsp3) is 0.200. The largest absolute Gasteiger partial charge is 0.343 e. The number of tetrazole rings is 1. The van der Waals surface area contributed by atoms with E-state index in [1.807, 2.05) is 0 Å². The summed E-state index contributed by atoms with van der Waals surface area (Å²) in [5.41, 5.74) is 6.33. The number of likely N-dealkylation sites (tertiary alicyclic amines) is 1. The highest BCUT2D eigenvalue weighted by Crippen LogP contribution is 2.31. The molecule has 1 fully saturated rings. The molecule has 5 rings (SSSR count). The van der Waals surface area contributed by atoms with Gasteiger partial charge in [-0.1, -0.05) is 12.1 Å². The Morgan fingerprint density at radius 3 is 2.58 bits per heavy atom. The summed E-state index contributed by atoms with van der Waals surface area (Å²) in [6, 6.07) is 12.4. The van der Waals surface area contributed by atoms with Crippen molar-refractivity contribution in [3.05, 3.63) is 66.0 Å². The smallest absolute Gasteiger partial charge is 0.285 e. The van der Waals surface area contributed by atoms with Crippen molar-refractivity contribution in [1.82, 2.24) is 36.0 Å². The summed E-state index contributed by atoms with van der Waals surface area (Å²) in [6.07, 6.45) is 2.62. The Bertz CT molecular complexity index is 1350. The van der Waals surface area contributed by atoms with E-state index in [2.05, 4.69) is 30.8 Å². The number of hydrazine groups is 1. The van der Waals surface area contributed by atoms with Crippen molar-refractivity contribution in [3.8, 4) is 5.69 Å². The van der Waals surface area contributed by atoms with E-state index in [-0.39, 0.29) is 10.7 Å². The standard InChI is InChI=1S/C20H18N8O4S/c29-19(13-7-9-14(10-8-13)28-12-21-25-26-28)22-23-20(30)16-5-3-11-27(16)18-15-4-1-2-6-17(15)33(31,32)24-18/h1-2,4,6-10,12,16H,3,5,11H2,(H,22,29)(H,23,30)/t16-/m0/s1. The monoisotopic (exact) mass is 466 g/mol. The molecular weight excluding hydrogens is 448 g/mol. The van der Waals surface area contributed by atoms with E-state index in [1.54, 1.807) is 47.4 Å². The van der Waals surface area contributed by atoms with Crippen molar-refractivity contribution >= 4 is 27.7 Å². The van der Waals surface area contributed by atoms with Gasteiger partial charge in [-0.25, -0.2) is 4.68 Å². The second-order valence-electron chi connectivity index (χ2n) is 7.48. The van der Waals surface area contributed by atoms with Gasteiger partial charge in [-0.3, -0.25) is 20.4 Å². The number of sulfonamides is 1. The zero-order chi connectivity index (χ0) is 23.0. The van der Waals surface area contributed by atoms with Gasteiger partial charge in [0.05, 0.1) is 5.69 Å². The van der Waals surface area contributed by atoms with E-state index >= 15 is 0 Å². The van der Waals surface area contributed by atoms with Crippen LogP contribution in [0.15, 0.2) is 64.2 Å². The lowest BCUT2D eigenvalue weighted by molar-refractivity contribution is -0.125. The Balaban J connectivity index is 1.26. The highest BCUT2D eigenvalue weighted by Gasteiger charge is 2.39. The van der Waals surface area contributed by atoms with Gasteiger partial charge in [-0.05, 0) is 59.7 Å². The molecule has 13 heteroatoms. The summed E-state index contributed by atoms with van der Waals surface area (Å²) in [5.74, 6) is -0.689. The number of carbonyl (C=O) groups is 2.